The van der Waals surface area contributed by atoms with Crippen molar-refractivity contribution in [3.05, 3.63) is 35.4 Å². The van der Waals surface area contributed by atoms with E-state index in [-0.39, 0.29) is 10.7 Å². The second-order valence-electron chi connectivity index (χ2n) is 2.62. The standard InChI is InChI=1S/C9H10BrNO/c1-6-4-2-3-5-7(6)8(10)9(11)12/h2-5,8H,1H3,(H2,11,12). The summed E-state index contributed by atoms with van der Waals surface area (Å²) < 4.78 is 0. The van der Waals surface area contributed by atoms with Gasteiger partial charge in [-0.3, -0.25) is 4.79 Å². The van der Waals surface area contributed by atoms with E-state index in [1.54, 1.807) is 0 Å². The van der Waals surface area contributed by atoms with E-state index in [4.69, 9.17) is 5.73 Å². The van der Waals surface area contributed by atoms with Crippen LogP contribution in [0.25, 0.3) is 0 Å². The van der Waals surface area contributed by atoms with Gasteiger partial charge in [-0.1, -0.05) is 40.2 Å². The molecular weight excluding hydrogens is 218 g/mol. The molecule has 0 aliphatic rings. The average molecular weight is 228 g/mol. The highest BCUT2D eigenvalue weighted by molar-refractivity contribution is 9.09. The molecule has 1 aromatic rings. The average Bonchev–Trinajstić information content (AvgIpc) is 2.04. The Morgan fingerprint density at radius 2 is 2.08 bits per heavy atom. The van der Waals surface area contributed by atoms with E-state index in [2.05, 4.69) is 15.9 Å². The Morgan fingerprint density at radius 1 is 1.50 bits per heavy atom. The molecule has 0 radical (unpaired) electrons. The van der Waals surface area contributed by atoms with E-state index in [0.29, 0.717) is 0 Å². The van der Waals surface area contributed by atoms with Crippen molar-refractivity contribution in [1.82, 2.24) is 0 Å². The predicted octanol–water partition coefficient (Wildman–Crippen LogP) is 1.92. The molecular formula is C9H10BrNO. The van der Waals surface area contributed by atoms with Gasteiger partial charge in [0.15, 0.2) is 0 Å². The number of carbonyl (C=O) groups is 1. The topological polar surface area (TPSA) is 43.1 Å². The van der Waals surface area contributed by atoms with Crippen LogP contribution in [0.15, 0.2) is 24.3 Å². The first-order valence-electron chi connectivity index (χ1n) is 3.62. The molecule has 64 valence electrons. The third kappa shape index (κ3) is 1.85. The van der Waals surface area contributed by atoms with E-state index in [0.717, 1.165) is 11.1 Å². The van der Waals surface area contributed by atoms with E-state index >= 15 is 0 Å². The van der Waals surface area contributed by atoms with Gasteiger partial charge in [0.25, 0.3) is 0 Å². The summed E-state index contributed by atoms with van der Waals surface area (Å²) in [6, 6.07) is 7.66. The highest BCUT2D eigenvalue weighted by Gasteiger charge is 2.14. The Bertz CT molecular complexity index is 298. The summed E-state index contributed by atoms with van der Waals surface area (Å²) in [5.74, 6) is -0.357. The van der Waals surface area contributed by atoms with Gasteiger partial charge in [0.2, 0.25) is 5.91 Å². The second-order valence-corrected chi connectivity index (χ2v) is 3.54. The molecule has 3 heteroatoms. The maximum Gasteiger partial charge on any atom is 0.235 e. The molecule has 2 N–H and O–H groups in total. The lowest BCUT2D eigenvalue weighted by Crippen LogP contribution is -2.17. The van der Waals surface area contributed by atoms with Gasteiger partial charge in [-0.15, -0.1) is 0 Å². The van der Waals surface area contributed by atoms with Crippen molar-refractivity contribution in [2.75, 3.05) is 0 Å². The Hall–Kier alpha value is -0.830. The third-order valence-electron chi connectivity index (χ3n) is 1.71. The van der Waals surface area contributed by atoms with Crippen molar-refractivity contribution in [3.8, 4) is 0 Å². The van der Waals surface area contributed by atoms with Gasteiger partial charge in [0, 0.05) is 0 Å². The molecule has 0 saturated carbocycles. The summed E-state index contributed by atoms with van der Waals surface area (Å²) in [4.78, 5) is 10.5. The van der Waals surface area contributed by atoms with Crippen molar-refractivity contribution in [3.63, 3.8) is 0 Å². The lowest BCUT2D eigenvalue weighted by molar-refractivity contribution is -0.117. The number of hydrogen-bond acceptors (Lipinski definition) is 1. The molecule has 12 heavy (non-hydrogen) atoms. The molecule has 0 fully saturated rings. The van der Waals surface area contributed by atoms with Crippen molar-refractivity contribution < 1.29 is 4.79 Å². The predicted molar refractivity (Wildman–Crippen MR) is 52.0 cm³/mol. The van der Waals surface area contributed by atoms with Crippen LogP contribution >= 0.6 is 15.9 Å². The fourth-order valence-electron chi connectivity index (χ4n) is 1.02. The lowest BCUT2D eigenvalue weighted by Gasteiger charge is -2.08. The van der Waals surface area contributed by atoms with E-state index in [1.165, 1.54) is 0 Å². The molecule has 1 rings (SSSR count). The van der Waals surface area contributed by atoms with Crippen LogP contribution in [0.5, 0.6) is 0 Å². The molecule has 0 heterocycles. The zero-order valence-corrected chi connectivity index (χ0v) is 8.34. The summed E-state index contributed by atoms with van der Waals surface area (Å²) in [7, 11) is 0. The van der Waals surface area contributed by atoms with Crippen LogP contribution in [0.4, 0.5) is 0 Å². The minimum absolute atomic E-state index is 0.357. The first-order valence-corrected chi connectivity index (χ1v) is 4.53. The number of aryl methyl sites for hydroxylation is 1. The van der Waals surface area contributed by atoms with Gasteiger partial charge < -0.3 is 5.73 Å². The van der Waals surface area contributed by atoms with Gasteiger partial charge in [-0.25, -0.2) is 0 Å². The Kier molecular flexibility index (Phi) is 2.87. The van der Waals surface area contributed by atoms with Gasteiger partial charge in [-0.05, 0) is 18.1 Å². The molecule has 0 aliphatic heterocycles. The summed E-state index contributed by atoms with van der Waals surface area (Å²) in [6.45, 7) is 1.95. The lowest BCUT2D eigenvalue weighted by atomic mass is 10.1. The smallest absolute Gasteiger partial charge is 0.235 e. The van der Waals surface area contributed by atoms with Crippen LogP contribution in [-0.2, 0) is 4.79 Å². The van der Waals surface area contributed by atoms with Crippen LogP contribution in [0, 0.1) is 6.92 Å². The molecule has 0 saturated heterocycles. The zero-order chi connectivity index (χ0) is 9.14. The number of hydrogen-bond donors (Lipinski definition) is 1. The molecule has 0 aliphatic carbocycles. The largest absolute Gasteiger partial charge is 0.368 e. The Balaban J connectivity index is 3.02. The molecule has 1 amide bonds. The minimum atomic E-state index is -0.376. The van der Waals surface area contributed by atoms with Gasteiger partial charge in [-0.2, -0.15) is 0 Å². The number of benzene rings is 1. The number of amides is 1. The normalized spacial score (nSPS) is 12.5. The summed E-state index contributed by atoms with van der Waals surface area (Å²) >= 11 is 3.23. The van der Waals surface area contributed by atoms with E-state index in [1.807, 2.05) is 31.2 Å². The summed E-state index contributed by atoms with van der Waals surface area (Å²) in [5, 5.41) is 0. The van der Waals surface area contributed by atoms with Crippen LogP contribution in [0.3, 0.4) is 0 Å². The van der Waals surface area contributed by atoms with Crippen LogP contribution in [0.1, 0.15) is 16.0 Å². The van der Waals surface area contributed by atoms with Crippen LogP contribution < -0.4 is 5.73 Å². The summed E-state index contributed by atoms with van der Waals surface area (Å²) in [5.41, 5.74) is 7.15. The number of alkyl halides is 1. The van der Waals surface area contributed by atoms with Crippen molar-refractivity contribution in [2.45, 2.75) is 11.8 Å². The molecule has 1 aromatic carbocycles. The monoisotopic (exact) mass is 227 g/mol. The fourth-order valence-corrected chi connectivity index (χ4v) is 1.54. The van der Waals surface area contributed by atoms with E-state index < -0.39 is 0 Å². The van der Waals surface area contributed by atoms with Gasteiger partial charge >= 0.3 is 0 Å². The maximum atomic E-state index is 10.8. The van der Waals surface area contributed by atoms with Crippen molar-refractivity contribution in [1.29, 1.82) is 0 Å². The molecule has 0 aromatic heterocycles. The minimum Gasteiger partial charge on any atom is -0.368 e. The highest BCUT2D eigenvalue weighted by atomic mass is 79.9. The van der Waals surface area contributed by atoms with Crippen molar-refractivity contribution in [2.24, 2.45) is 5.73 Å². The quantitative estimate of drug-likeness (QED) is 0.772. The number of nitrogens with two attached hydrogens (primary N) is 1. The first kappa shape index (κ1) is 9.26. The summed E-state index contributed by atoms with van der Waals surface area (Å²) in [6.07, 6.45) is 0. The number of halogens is 1. The van der Waals surface area contributed by atoms with Crippen LogP contribution in [-0.4, -0.2) is 5.91 Å². The number of carbonyl (C=O) groups excluding carboxylic acids is 1. The SMILES string of the molecule is Cc1ccccc1C(Br)C(N)=O. The van der Waals surface area contributed by atoms with Crippen LogP contribution in [0.2, 0.25) is 0 Å². The molecule has 1 atom stereocenters. The number of primary amides is 1. The molecule has 0 spiro atoms. The van der Waals surface area contributed by atoms with Crippen molar-refractivity contribution >= 4 is 21.8 Å². The zero-order valence-electron chi connectivity index (χ0n) is 6.75. The molecule has 0 bridgehead atoms. The Labute approximate surface area is 79.9 Å². The fraction of sp³-hybridized carbons (Fsp3) is 0.222. The Morgan fingerprint density at radius 3 is 2.58 bits per heavy atom. The molecule has 1 unspecified atom stereocenters. The molecule has 2 nitrogen and oxygen atoms in total. The van der Waals surface area contributed by atoms with Gasteiger partial charge in [0.1, 0.15) is 4.83 Å². The number of rotatable bonds is 2. The van der Waals surface area contributed by atoms with E-state index in [9.17, 15) is 4.79 Å². The van der Waals surface area contributed by atoms with Gasteiger partial charge in [0.05, 0.1) is 0 Å². The highest BCUT2D eigenvalue weighted by Crippen LogP contribution is 2.24. The maximum absolute atomic E-state index is 10.8. The third-order valence-corrected chi connectivity index (χ3v) is 2.66. The first-order chi connectivity index (χ1) is 5.63. The second kappa shape index (κ2) is 3.72.